The molecule has 3 atom stereocenters. The number of carbonyl (C=O) groups excluding carboxylic acids is 3. The highest BCUT2D eigenvalue weighted by molar-refractivity contribution is 7.92. The lowest BCUT2D eigenvalue weighted by molar-refractivity contribution is -0.162. The molecule has 10 heteroatoms. The molecule has 196 valence electrons. The molecule has 4 amide bonds. The van der Waals surface area contributed by atoms with Crippen molar-refractivity contribution in [2.45, 2.75) is 62.2 Å². The molecule has 2 aromatic carbocycles. The van der Waals surface area contributed by atoms with Crippen LogP contribution in [0.25, 0.3) is 0 Å². The zero-order valence-electron chi connectivity index (χ0n) is 20.8. The van der Waals surface area contributed by atoms with Crippen LogP contribution in [0.4, 0.5) is 4.79 Å². The van der Waals surface area contributed by atoms with Crippen LogP contribution in [0, 0.1) is 0 Å². The van der Waals surface area contributed by atoms with Crippen molar-refractivity contribution < 1.29 is 29.3 Å². The second-order valence-corrected chi connectivity index (χ2v) is 11.0. The van der Waals surface area contributed by atoms with E-state index in [2.05, 4.69) is 10.6 Å². The van der Waals surface area contributed by atoms with Crippen molar-refractivity contribution in [3.63, 3.8) is 0 Å². The molecule has 0 spiro atoms. The van der Waals surface area contributed by atoms with E-state index in [4.69, 9.17) is 0 Å². The standard InChI is InChI=1S/C26H35N3O6S/c1-26(2,36(35)18-20-15-8-5-9-16-20)22(23(31)27-3)28-25(33)29(34)24(32)21(30)17-11-10-14-19-12-6-4-7-13-19/h4-9,12-13,15-16,21-22,30,34H,10-11,14,17-18H2,1-3H3,(H,27,31)(H,28,33)/t21-,22-,36?/m0/s1. The quantitative estimate of drug-likeness (QED) is 0.148. The van der Waals surface area contributed by atoms with Gasteiger partial charge < -0.3 is 20.3 Å². The lowest BCUT2D eigenvalue weighted by Gasteiger charge is -2.35. The van der Waals surface area contributed by atoms with Crippen LogP contribution in [-0.4, -0.2) is 61.7 Å². The molecule has 0 aliphatic heterocycles. The van der Waals surface area contributed by atoms with Gasteiger partial charge in [0.1, 0.15) is 16.6 Å². The third-order valence-electron chi connectivity index (χ3n) is 5.92. The Labute approximate surface area is 215 Å². The van der Waals surface area contributed by atoms with Gasteiger partial charge >= 0.3 is 6.03 Å². The van der Waals surface area contributed by atoms with Crippen LogP contribution in [0.1, 0.15) is 44.2 Å². The van der Waals surface area contributed by atoms with Gasteiger partial charge in [-0.3, -0.25) is 14.8 Å². The molecule has 36 heavy (non-hydrogen) atoms. The summed E-state index contributed by atoms with van der Waals surface area (Å²) in [6.45, 7) is 3.11. The molecular formula is C26H35N3O6S. The van der Waals surface area contributed by atoms with Crippen LogP contribution >= 0.6 is 0 Å². The predicted octanol–water partition coefficient (Wildman–Crippen LogP) is 2.53. The van der Waals surface area contributed by atoms with Crippen molar-refractivity contribution in [1.29, 1.82) is 0 Å². The van der Waals surface area contributed by atoms with E-state index >= 15 is 0 Å². The van der Waals surface area contributed by atoms with E-state index in [0.717, 1.165) is 17.5 Å². The molecule has 2 rings (SSSR count). The summed E-state index contributed by atoms with van der Waals surface area (Å²) >= 11 is -1.61. The highest BCUT2D eigenvalue weighted by Crippen LogP contribution is 2.26. The van der Waals surface area contributed by atoms with Gasteiger partial charge in [0, 0.05) is 12.6 Å². The van der Waals surface area contributed by atoms with Gasteiger partial charge in [-0.15, -0.1) is 5.06 Å². The summed E-state index contributed by atoms with van der Waals surface area (Å²) in [4.78, 5) is 37.6. The minimum atomic E-state index is -1.61. The summed E-state index contributed by atoms with van der Waals surface area (Å²) in [7, 11) is 1.36. The van der Waals surface area contributed by atoms with Gasteiger partial charge in [-0.05, 0) is 49.8 Å². The van der Waals surface area contributed by atoms with Gasteiger partial charge in [0.05, 0.1) is 0 Å². The Morgan fingerprint density at radius 1 is 1.00 bits per heavy atom. The number of amides is 4. The Balaban J connectivity index is 1.96. The first-order valence-corrected chi connectivity index (χ1v) is 13.1. The summed E-state index contributed by atoms with van der Waals surface area (Å²) in [5.74, 6) is -1.70. The highest BCUT2D eigenvalue weighted by atomic mass is 32.2. The van der Waals surface area contributed by atoms with Crippen LogP contribution in [0.3, 0.4) is 0 Å². The molecular weight excluding hydrogens is 482 g/mol. The molecule has 1 unspecified atom stereocenters. The topological polar surface area (TPSA) is 142 Å². The predicted molar refractivity (Wildman–Crippen MR) is 137 cm³/mol. The fraction of sp³-hybridized carbons (Fsp3) is 0.423. The molecule has 2 aromatic rings. The first-order valence-electron chi connectivity index (χ1n) is 11.8. The Morgan fingerprint density at radius 3 is 2.11 bits per heavy atom. The second kappa shape index (κ2) is 14.0. The second-order valence-electron chi connectivity index (χ2n) is 8.97. The van der Waals surface area contributed by atoms with Crippen molar-refractivity contribution in [2.24, 2.45) is 0 Å². The number of hydrogen-bond donors (Lipinski definition) is 4. The number of benzene rings is 2. The molecule has 0 bridgehead atoms. The molecule has 4 N–H and O–H groups in total. The van der Waals surface area contributed by atoms with Crippen molar-refractivity contribution in [1.82, 2.24) is 15.7 Å². The lowest BCUT2D eigenvalue weighted by atomic mass is 10.0. The number of urea groups is 1. The largest absolute Gasteiger partial charge is 0.616 e. The molecule has 0 saturated carbocycles. The zero-order valence-corrected chi connectivity index (χ0v) is 21.7. The van der Waals surface area contributed by atoms with Gasteiger partial charge in [0.15, 0.2) is 6.04 Å². The fourth-order valence-corrected chi connectivity index (χ4v) is 4.90. The van der Waals surface area contributed by atoms with Crippen LogP contribution in [0.5, 0.6) is 0 Å². The first kappa shape index (κ1) is 29.3. The van der Waals surface area contributed by atoms with E-state index in [1.807, 2.05) is 36.4 Å². The highest BCUT2D eigenvalue weighted by Gasteiger charge is 2.46. The van der Waals surface area contributed by atoms with Crippen molar-refractivity contribution in [3.8, 4) is 0 Å². The molecule has 0 fully saturated rings. The van der Waals surface area contributed by atoms with Gasteiger partial charge in [-0.25, -0.2) is 4.79 Å². The van der Waals surface area contributed by atoms with Gasteiger partial charge in [-0.2, -0.15) is 0 Å². The normalized spacial score (nSPS) is 13.8. The molecule has 0 radical (unpaired) electrons. The van der Waals surface area contributed by atoms with E-state index < -0.39 is 45.9 Å². The minimum Gasteiger partial charge on any atom is -0.616 e. The average Bonchev–Trinajstić information content (AvgIpc) is 2.89. The third-order valence-corrected chi connectivity index (χ3v) is 7.93. The monoisotopic (exact) mass is 517 g/mol. The van der Waals surface area contributed by atoms with Gasteiger partial charge in [0.25, 0.3) is 5.91 Å². The number of hydroxylamine groups is 2. The number of nitrogens with one attached hydrogen (secondary N) is 2. The van der Waals surface area contributed by atoms with Crippen molar-refractivity contribution in [3.05, 3.63) is 71.8 Å². The Kier molecular flexibility index (Phi) is 11.4. The Hall–Kier alpha value is -2.92. The van der Waals surface area contributed by atoms with E-state index in [-0.39, 0.29) is 17.2 Å². The Bertz CT molecular complexity index is 990. The van der Waals surface area contributed by atoms with Crippen LogP contribution < -0.4 is 10.6 Å². The molecule has 9 nitrogen and oxygen atoms in total. The summed E-state index contributed by atoms with van der Waals surface area (Å²) in [6, 6.07) is 16.2. The zero-order chi connectivity index (χ0) is 26.7. The van der Waals surface area contributed by atoms with Gasteiger partial charge in [0.2, 0.25) is 5.91 Å². The molecule has 0 saturated heterocycles. The lowest BCUT2D eigenvalue weighted by Crippen LogP contribution is -2.62. The number of aliphatic hydroxyl groups excluding tert-OH is 1. The number of unbranched alkanes of at least 4 members (excludes halogenated alkanes) is 1. The number of nitrogens with zero attached hydrogens (tertiary/aromatic N) is 1. The van der Waals surface area contributed by atoms with Gasteiger partial charge in [-0.1, -0.05) is 67.1 Å². The summed E-state index contributed by atoms with van der Waals surface area (Å²) in [5.41, 5.74) is 1.93. The number of hydrogen-bond acceptors (Lipinski definition) is 6. The number of rotatable bonds is 12. The first-order chi connectivity index (χ1) is 17.1. The van der Waals surface area contributed by atoms with E-state index in [9.17, 15) is 29.3 Å². The van der Waals surface area contributed by atoms with E-state index in [0.29, 0.717) is 12.8 Å². The number of carbonyl (C=O) groups is 3. The van der Waals surface area contributed by atoms with Crippen molar-refractivity contribution in [2.75, 3.05) is 7.05 Å². The smallest absolute Gasteiger partial charge is 0.349 e. The van der Waals surface area contributed by atoms with Crippen molar-refractivity contribution >= 4 is 29.0 Å². The molecule has 0 aliphatic carbocycles. The summed E-state index contributed by atoms with van der Waals surface area (Å²) in [5, 5.41) is 24.8. The van der Waals surface area contributed by atoms with Crippen LogP contribution in [-0.2, 0) is 32.9 Å². The third kappa shape index (κ3) is 8.34. The maximum atomic E-state index is 13.1. The van der Waals surface area contributed by atoms with Crippen LogP contribution in [0.15, 0.2) is 60.7 Å². The fourth-order valence-electron chi connectivity index (χ4n) is 3.60. The average molecular weight is 518 g/mol. The number of aryl methyl sites for hydroxylation is 1. The molecule has 0 aromatic heterocycles. The van der Waals surface area contributed by atoms with E-state index in [1.165, 1.54) is 7.05 Å². The number of likely N-dealkylation sites (N-methyl/N-ethyl adjacent to an activating group) is 1. The molecule has 0 heterocycles. The Morgan fingerprint density at radius 2 is 1.56 bits per heavy atom. The van der Waals surface area contributed by atoms with E-state index in [1.54, 1.807) is 38.1 Å². The van der Waals surface area contributed by atoms with Crippen LogP contribution in [0.2, 0.25) is 0 Å². The maximum Gasteiger partial charge on any atom is 0.349 e. The number of aliphatic hydroxyl groups is 1. The maximum absolute atomic E-state index is 13.1. The molecule has 0 aliphatic rings. The SMILES string of the molecule is CNC(=O)[C@H](NC(=O)N(O)C(=O)[C@@H](O)CCCCc1ccccc1)C(C)(C)[S+]([O-])Cc1ccccc1. The minimum absolute atomic E-state index is 0.0570. The number of imide groups is 1. The summed E-state index contributed by atoms with van der Waals surface area (Å²) in [6.07, 6.45) is 0.459. The summed E-state index contributed by atoms with van der Waals surface area (Å²) < 4.78 is 11.9.